The second-order valence-corrected chi connectivity index (χ2v) is 6.38. The fourth-order valence-electron chi connectivity index (χ4n) is 3.26. The summed E-state index contributed by atoms with van der Waals surface area (Å²) in [6.07, 6.45) is 10.9. The van der Waals surface area contributed by atoms with Crippen molar-refractivity contribution >= 4 is 5.97 Å². The van der Waals surface area contributed by atoms with Crippen LogP contribution < -0.4 is 0 Å². The minimum atomic E-state index is -0.348. The van der Waals surface area contributed by atoms with Crippen LogP contribution in [0.5, 0.6) is 0 Å². The van der Waals surface area contributed by atoms with Gasteiger partial charge in [0.25, 0.3) is 0 Å². The van der Waals surface area contributed by atoms with Crippen molar-refractivity contribution in [1.82, 2.24) is 4.98 Å². The first-order valence-electron chi connectivity index (χ1n) is 8.44. The molecule has 2 fully saturated rings. The van der Waals surface area contributed by atoms with Crippen LogP contribution in [0.4, 0.5) is 0 Å². The second kappa shape index (κ2) is 6.63. The SMILES string of the molecule is CCOC(=O)c1oc(CC2CCCCCC2)nc1C1CC1. The molecule has 0 aromatic carbocycles. The molecule has 0 saturated heterocycles. The van der Waals surface area contributed by atoms with E-state index in [1.807, 2.05) is 6.92 Å². The monoisotopic (exact) mass is 291 g/mol. The first kappa shape index (κ1) is 14.6. The maximum Gasteiger partial charge on any atom is 0.376 e. The predicted octanol–water partition coefficient (Wildman–Crippen LogP) is 4.24. The third-order valence-electron chi connectivity index (χ3n) is 4.56. The first-order chi connectivity index (χ1) is 10.3. The Hall–Kier alpha value is -1.32. The first-order valence-corrected chi connectivity index (χ1v) is 8.44. The summed E-state index contributed by atoms with van der Waals surface area (Å²) in [5, 5.41) is 0. The molecule has 3 rings (SSSR count). The van der Waals surface area contributed by atoms with Gasteiger partial charge in [-0.15, -0.1) is 0 Å². The third-order valence-corrected chi connectivity index (χ3v) is 4.56. The van der Waals surface area contributed by atoms with Crippen molar-refractivity contribution in [1.29, 1.82) is 0 Å². The number of nitrogens with zero attached hydrogens (tertiary/aromatic N) is 1. The van der Waals surface area contributed by atoms with Gasteiger partial charge in [0.2, 0.25) is 5.76 Å². The Kier molecular flexibility index (Phi) is 4.61. The number of carbonyl (C=O) groups excluding carboxylic acids is 1. The zero-order chi connectivity index (χ0) is 14.7. The number of rotatable bonds is 5. The summed E-state index contributed by atoms with van der Waals surface area (Å²) in [5.74, 6) is 1.83. The topological polar surface area (TPSA) is 52.3 Å². The molecule has 0 atom stereocenters. The van der Waals surface area contributed by atoms with Crippen molar-refractivity contribution in [2.75, 3.05) is 6.61 Å². The van der Waals surface area contributed by atoms with E-state index in [2.05, 4.69) is 4.98 Å². The highest BCUT2D eigenvalue weighted by Crippen LogP contribution is 2.42. The Morgan fingerprint density at radius 2 is 1.90 bits per heavy atom. The standard InChI is InChI=1S/C17H25NO3/c1-2-20-17(19)16-15(13-9-10-13)18-14(21-16)11-12-7-5-3-4-6-8-12/h12-13H,2-11H2,1H3. The van der Waals surface area contributed by atoms with Gasteiger partial charge in [-0.25, -0.2) is 9.78 Å². The van der Waals surface area contributed by atoms with Crippen molar-refractivity contribution < 1.29 is 13.9 Å². The van der Waals surface area contributed by atoms with E-state index in [0.29, 0.717) is 24.2 Å². The molecule has 4 nitrogen and oxygen atoms in total. The molecule has 0 N–H and O–H groups in total. The number of aromatic nitrogens is 1. The highest BCUT2D eigenvalue weighted by Gasteiger charge is 2.34. The van der Waals surface area contributed by atoms with E-state index in [-0.39, 0.29) is 5.97 Å². The molecule has 1 aromatic heterocycles. The number of ether oxygens (including phenoxy) is 1. The number of hydrogen-bond donors (Lipinski definition) is 0. The van der Waals surface area contributed by atoms with Crippen LogP contribution in [0.1, 0.15) is 86.3 Å². The molecule has 2 saturated carbocycles. The average Bonchev–Trinajstić information content (AvgIpc) is 3.26. The molecule has 21 heavy (non-hydrogen) atoms. The summed E-state index contributed by atoms with van der Waals surface area (Å²) in [6, 6.07) is 0. The van der Waals surface area contributed by atoms with Gasteiger partial charge in [0, 0.05) is 12.3 Å². The van der Waals surface area contributed by atoms with E-state index in [9.17, 15) is 4.79 Å². The van der Waals surface area contributed by atoms with Crippen LogP contribution >= 0.6 is 0 Å². The lowest BCUT2D eigenvalue weighted by Gasteiger charge is -2.10. The Balaban J connectivity index is 1.72. The van der Waals surface area contributed by atoms with Crippen molar-refractivity contribution in [2.24, 2.45) is 5.92 Å². The van der Waals surface area contributed by atoms with Gasteiger partial charge >= 0.3 is 5.97 Å². The van der Waals surface area contributed by atoms with Crippen LogP contribution in [0, 0.1) is 5.92 Å². The molecule has 0 spiro atoms. The van der Waals surface area contributed by atoms with Gasteiger partial charge in [-0.2, -0.15) is 0 Å². The van der Waals surface area contributed by atoms with Crippen LogP contribution in [-0.4, -0.2) is 17.6 Å². The number of oxazole rings is 1. The summed E-state index contributed by atoms with van der Waals surface area (Å²) in [7, 11) is 0. The molecule has 2 aliphatic carbocycles. The lowest BCUT2D eigenvalue weighted by Crippen LogP contribution is -2.06. The van der Waals surface area contributed by atoms with E-state index in [0.717, 1.165) is 30.8 Å². The van der Waals surface area contributed by atoms with Crippen LogP contribution in [0.15, 0.2) is 4.42 Å². The molecule has 1 heterocycles. The summed E-state index contributed by atoms with van der Waals surface area (Å²) < 4.78 is 10.9. The Morgan fingerprint density at radius 1 is 1.19 bits per heavy atom. The van der Waals surface area contributed by atoms with Crippen LogP contribution in [-0.2, 0) is 11.2 Å². The summed E-state index contributed by atoms with van der Waals surface area (Å²) >= 11 is 0. The maximum atomic E-state index is 12.0. The molecule has 0 unspecified atom stereocenters. The smallest absolute Gasteiger partial charge is 0.376 e. The average molecular weight is 291 g/mol. The number of carbonyl (C=O) groups is 1. The molecule has 0 radical (unpaired) electrons. The van der Waals surface area contributed by atoms with Crippen LogP contribution in [0.2, 0.25) is 0 Å². The van der Waals surface area contributed by atoms with Gasteiger partial charge < -0.3 is 9.15 Å². The minimum Gasteiger partial charge on any atom is -0.460 e. The van der Waals surface area contributed by atoms with Gasteiger partial charge in [0.1, 0.15) is 0 Å². The van der Waals surface area contributed by atoms with E-state index >= 15 is 0 Å². The van der Waals surface area contributed by atoms with Gasteiger partial charge in [-0.05, 0) is 38.5 Å². The lowest BCUT2D eigenvalue weighted by molar-refractivity contribution is 0.0485. The molecule has 0 bridgehead atoms. The molecule has 0 amide bonds. The largest absolute Gasteiger partial charge is 0.460 e. The maximum absolute atomic E-state index is 12.0. The summed E-state index contributed by atoms with van der Waals surface area (Å²) in [5.41, 5.74) is 0.845. The minimum absolute atomic E-state index is 0.348. The molecular formula is C17H25NO3. The molecule has 1 aromatic rings. The highest BCUT2D eigenvalue weighted by molar-refractivity contribution is 5.87. The summed E-state index contributed by atoms with van der Waals surface area (Å²) in [4.78, 5) is 16.6. The van der Waals surface area contributed by atoms with E-state index in [1.54, 1.807) is 0 Å². The Morgan fingerprint density at radius 3 is 2.52 bits per heavy atom. The number of hydrogen-bond acceptors (Lipinski definition) is 4. The fourth-order valence-corrected chi connectivity index (χ4v) is 3.26. The van der Waals surface area contributed by atoms with Crippen molar-refractivity contribution in [3.05, 3.63) is 17.3 Å². The normalized spacial score (nSPS) is 20.2. The number of esters is 1. The predicted molar refractivity (Wildman–Crippen MR) is 79.3 cm³/mol. The Labute approximate surface area is 126 Å². The Bertz CT molecular complexity index is 482. The highest BCUT2D eigenvalue weighted by atomic mass is 16.5. The van der Waals surface area contributed by atoms with Gasteiger partial charge in [0.05, 0.1) is 12.3 Å². The molecule has 116 valence electrons. The van der Waals surface area contributed by atoms with Crippen LogP contribution in [0.25, 0.3) is 0 Å². The quantitative estimate of drug-likeness (QED) is 0.601. The summed E-state index contributed by atoms with van der Waals surface area (Å²) in [6.45, 7) is 2.19. The van der Waals surface area contributed by atoms with E-state index < -0.39 is 0 Å². The molecule has 0 aliphatic heterocycles. The zero-order valence-electron chi connectivity index (χ0n) is 12.9. The van der Waals surface area contributed by atoms with Crippen molar-refractivity contribution in [3.8, 4) is 0 Å². The van der Waals surface area contributed by atoms with Crippen molar-refractivity contribution in [2.45, 2.75) is 70.6 Å². The van der Waals surface area contributed by atoms with E-state index in [1.165, 1.54) is 38.5 Å². The van der Waals surface area contributed by atoms with Gasteiger partial charge in [0.15, 0.2) is 5.89 Å². The second-order valence-electron chi connectivity index (χ2n) is 6.38. The fraction of sp³-hybridized carbons (Fsp3) is 0.765. The molecular weight excluding hydrogens is 266 g/mol. The van der Waals surface area contributed by atoms with E-state index in [4.69, 9.17) is 9.15 Å². The molecule has 2 aliphatic rings. The zero-order valence-corrected chi connectivity index (χ0v) is 12.9. The van der Waals surface area contributed by atoms with Gasteiger partial charge in [-0.1, -0.05) is 25.7 Å². The van der Waals surface area contributed by atoms with Gasteiger partial charge in [-0.3, -0.25) is 0 Å². The third kappa shape index (κ3) is 3.66. The lowest BCUT2D eigenvalue weighted by atomic mass is 9.97. The van der Waals surface area contributed by atoms with Crippen LogP contribution in [0.3, 0.4) is 0 Å². The molecule has 4 heteroatoms. The van der Waals surface area contributed by atoms with Crippen molar-refractivity contribution in [3.63, 3.8) is 0 Å².